The van der Waals surface area contributed by atoms with Crippen LogP contribution in [-0.2, 0) is 17.6 Å². The largest absolute Gasteiger partial charge is 0.481 e. The van der Waals surface area contributed by atoms with Crippen molar-refractivity contribution in [2.75, 3.05) is 0 Å². The maximum Gasteiger partial charge on any atom is 0.307 e. The lowest BCUT2D eigenvalue weighted by atomic mass is 9.93. The minimum Gasteiger partial charge on any atom is -0.481 e. The first kappa shape index (κ1) is 12.3. The molecule has 3 heteroatoms. The molecule has 0 aliphatic rings. The third kappa shape index (κ3) is 3.42. The van der Waals surface area contributed by atoms with Gasteiger partial charge in [-0.2, -0.15) is 0 Å². The fourth-order valence-electron chi connectivity index (χ4n) is 1.95. The first-order chi connectivity index (χ1) is 8.75. The Kier molecular flexibility index (Phi) is 4.07. The van der Waals surface area contributed by atoms with E-state index in [2.05, 4.69) is 4.98 Å². The molecule has 92 valence electrons. The van der Waals surface area contributed by atoms with Gasteiger partial charge in [-0.1, -0.05) is 36.4 Å². The van der Waals surface area contributed by atoms with Crippen molar-refractivity contribution in [1.29, 1.82) is 0 Å². The number of carboxylic acids is 1. The highest BCUT2D eigenvalue weighted by atomic mass is 16.4. The van der Waals surface area contributed by atoms with Crippen molar-refractivity contribution in [3.63, 3.8) is 0 Å². The maximum absolute atomic E-state index is 11.3. The van der Waals surface area contributed by atoms with E-state index in [1.165, 1.54) is 0 Å². The highest BCUT2D eigenvalue weighted by molar-refractivity contribution is 5.70. The molecule has 3 nitrogen and oxygen atoms in total. The Bertz CT molecular complexity index is 455. The molecule has 1 atom stereocenters. The van der Waals surface area contributed by atoms with Crippen LogP contribution in [0.2, 0.25) is 0 Å². The second-order valence-corrected chi connectivity index (χ2v) is 4.29. The third-order valence-corrected chi connectivity index (χ3v) is 2.88. The highest BCUT2D eigenvalue weighted by Crippen LogP contribution is 2.14. The van der Waals surface area contributed by atoms with Crippen LogP contribution in [0.25, 0.3) is 0 Å². The van der Waals surface area contributed by atoms with Crippen LogP contribution in [0.3, 0.4) is 0 Å². The van der Waals surface area contributed by atoms with Crippen molar-refractivity contribution in [3.05, 3.63) is 66.0 Å². The average Bonchev–Trinajstić information content (AvgIpc) is 2.40. The van der Waals surface area contributed by atoms with E-state index in [1.54, 1.807) is 12.4 Å². The molecule has 2 aromatic rings. The number of nitrogens with zero attached hydrogens (tertiary/aromatic N) is 1. The van der Waals surface area contributed by atoms with Gasteiger partial charge in [-0.15, -0.1) is 0 Å². The summed E-state index contributed by atoms with van der Waals surface area (Å²) < 4.78 is 0. The van der Waals surface area contributed by atoms with Gasteiger partial charge < -0.3 is 5.11 Å². The van der Waals surface area contributed by atoms with Crippen molar-refractivity contribution >= 4 is 5.97 Å². The van der Waals surface area contributed by atoms with Gasteiger partial charge >= 0.3 is 5.97 Å². The normalized spacial score (nSPS) is 12.0. The SMILES string of the molecule is O=C(O)C(Cc1ccccc1)Cc1cccnc1. The number of aromatic nitrogens is 1. The van der Waals surface area contributed by atoms with Crippen molar-refractivity contribution in [3.8, 4) is 0 Å². The number of hydrogen-bond acceptors (Lipinski definition) is 2. The fraction of sp³-hybridized carbons (Fsp3) is 0.200. The molecule has 1 unspecified atom stereocenters. The van der Waals surface area contributed by atoms with E-state index in [1.807, 2.05) is 42.5 Å². The van der Waals surface area contributed by atoms with Crippen LogP contribution in [0.5, 0.6) is 0 Å². The summed E-state index contributed by atoms with van der Waals surface area (Å²) in [5, 5.41) is 9.28. The van der Waals surface area contributed by atoms with Crippen molar-refractivity contribution in [2.45, 2.75) is 12.8 Å². The van der Waals surface area contributed by atoms with E-state index in [4.69, 9.17) is 0 Å². The molecule has 18 heavy (non-hydrogen) atoms. The van der Waals surface area contributed by atoms with Gasteiger partial charge in [-0.3, -0.25) is 9.78 Å². The molecular weight excluding hydrogens is 226 g/mol. The van der Waals surface area contributed by atoms with E-state index >= 15 is 0 Å². The number of pyridine rings is 1. The average molecular weight is 241 g/mol. The zero-order valence-electron chi connectivity index (χ0n) is 9.99. The zero-order chi connectivity index (χ0) is 12.8. The summed E-state index contributed by atoms with van der Waals surface area (Å²) >= 11 is 0. The zero-order valence-corrected chi connectivity index (χ0v) is 9.99. The monoisotopic (exact) mass is 241 g/mol. The van der Waals surface area contributed by atoms with Crippen LogP contribution in [0.1, 0.15) is 11.1 Å². The van der Waals surface area contributed by atoms with Gasteiger partial charge in [0.2, 0.25) is 0 Å². The van der Waals surface area contributed by atoms with Crippen molar-refractivity contribution < 1.29 is 9.90 Å². The molecule has 0 aliphatic heterocycles. The Morgan fingerprint density at radius 2 is 1.72 bits per heavy atom. The standard InChI is InChI=1S/C15H15NO2/c17-15(18)14(9-12-5-2-1-3-6-12)10-13-7-4-8-16-11-13/h1-8,11,14H,9-10H2,(H,17,18). The van der Waals surface area contributed by atoms with Crippen LogP contribution in [0.15, 0.2) is 54.9 Å². The van der Waals surface area contributed by atoms with Crippen LogP contribution < -0.4 is 0 Å². The Hall–Kier alpha value is -2.16. The van der Waals surface area contributed by atoms with Gasteiger partial charge in [0.1, 0.15) is 0 Å². The fourth-order valence-corrected chi connectivity index (χ4v) is 1.95. The quantitative estimate of drug-likeness (QED) is 0.875. The molecule has 0 spiro atoms. The molecule has 0 saturated heterocycles. The van der Waals surface area contributed by atoms with Gasteiger partial charge in [0, 0.05) is 12.4 Å². The molecule has 0 fully saturated rings. The summed E-state index contributed by atoms with van der Waals surface area (Å²) in [6.07, 6.45) is 4.47. The van der Waals surface area contributed by atoms with Gasteiger partial charge in [-0.05, 0) is 30.0 Å². The predicted molar refractivity (Wildman–Crippen MR) is 69.2 cm³/mol. The maximum atomic E-state index is 11.3. The molecule has 1 heterocycles. The van der Waals surface area contributed by atoms with Crippen LogP contribution in [0, 0.1) is 5.92 Å². The Balaban J connectivity index is 2.08. The Morgan fingerprint density at radius 3 is 2.33 bits per heavy atom. The van der Waals surface area contributed by atoms with Crippen LogP contribution in [-0.4, -0.2) is 16.1 Å². The van der Waals surface area contributed by atoms with Gasteiger partial charge in [0.05, 0.1) is 5.92 Å². The minimum atomic E-state index is -0.761. The van der Waals surface area contributed by atoms with Crippen LogP contribution in [0.4, 0.5) is 0 Å². The molecule has 1 aromatic heterocycles. The number of carbonyl (C=O) groups is 1. The predicted octanol–water partition coefficient (Wildman–Crippen LogP) is 2.57. The van der Waals surface area contributed by atoms with Crippen molar-refractivity contribution in [2.24, 2.45) is 5.92 Å². The molecule has 0 radical (unpaired) electrons. The summed E-state index contributed by atoms with van der Waals surface area (Å²) in [5.41, 5.74) is 2.01. The van der Waals surface area contributed by atoms with E-state index < -0.39 is 11.9 Å². The summed E-state index contributed by atoms with van der Waals surface area (Å²) in [4.78, 5) is 15.3. The van der Waals surface area contributed by atoms with Crippen LogP contribution >= 0.6 is 0 Å². The van der Waals surface area contributed by atoms with E-state index in [9.17, 15) is 9.90 Å². The smallest absolute Gasteiger partial charge is 0.307 e. The topological polar surface area (TPSA) is 50.2 Å². The summed E-state index contributed by atoms with van der Waals surface area (Å²) in [7, 11) is 0. The first-order valence-electron chi connectivity index (χ1n) is 5.91. The number of benzene rings is 1. The summed E-state index contributed by atoms with van der Waals surface area (Å²) in [6.45, 7) is 0. The number of carboxylic acid groups (broad SMARTS) is 1. The molecule has 2 rings (SSSR count). The lowest BCUT2D eigenvalue weighted by Crippen LogP contribution is -2.19. The second kappa shape index (κ2) is 5.96. The van der Waals surface area contributed by atoms with E-state index in [0.717, 1.165) is 11.1 Å². The molecule has 0 saturated carbocycles. The number of hydrogen-bond donors (Lipinski definition) is 1. The Morgan fingerprint density at radius 1 is 1.06 bits per heavy atom. The lowest BCUT2D eigenvalue weighted by molar-refractivity contribution is -0.141. The number of rotatable bonds is 5. The minimum absolute atomic E-state index is 0.406. The van der Waals surface area contributed by atoms with Crippen molar-refractivity contribution in [1.82, 2.24) is 4.98 Å². The lowest BCUT2D eigenvalue weighted by Gasteiger charge is -2.12. The summed E-state index contributed by atoms with van der Waals surface area (Å²) in [5.74, 6) is -1.17. The van der Waals surface area contributed by atoms with Gasteiger partial charge in [0.15, 0.2) is 0 Å². The molecule has 0 bridgehead atoms. The molecule has 0 amide bonds. The molecular formula is C15H15NO2. The summed E-state index contributed by atoms with van der Waals surface area (Å²) in [6, 6.07) is 13.4. The highest BCUT2D eigenvalue weighted by Gasteiger charge is 2.18. The molecule has 1 N–H and O–H groups in total. The first-order valence-corrected chi connectivity index (χ1v) is 5.91. The van der Waals surface area contributed by atoms with E-state index in [-0.39, 0.29) is 0 Å². The molecule has 0 aliphatic carbocycles. The van der Waals surface area contributed by atoms with Gasteiger partial charge in [-0.25, -0.2) is 0 Å². The Labute approximate surface area is 106 Å². The number of aliphatic carboxylic acids is 1. The molecule has 1 aromatic carbocycles. The van der Waals surface area contributed by atoms with Gasteiger partial charge in [0.25, 0.3) is 0 Å². The van der Waals surface area contributed by atoms with E-state index in [0.29, 0.717) is 12.8 Å². The third-order valence-electron chi connectivity index (χ3n) is 2.88. The second-order valence-electron chi connectivity index (χ2n) is 4.29.